The van der Waals surface area contributed by atoms with Gasteiger partial charge in [-0.1, -0.05) is 42.0 Å². The topological polar surface area (TPSA) is 76.1 Å². The zero-order chi connectivity index (χ0) is 17.7. The van der Waals surface area contributed by atoms with Gasteiger partial charge in [-0.25, -0.2) is 4.79 Å². The molecular formula is C19H23NO5. The third-order valence-corrected chi connectivity index (χ3v) is 5.04. The molecule has 2 heterocycles. The van der Waals surface area contributed by atoms with Gasteiger partial charge in [-0.05, 0) is 24.8 Å². The second kappa shape index (κ2) is 7.70. The molecule has 0 saturated carbocycles. The molecule has 1 amide bonds. The van der Waals surface area contributed by atoms with Crippen molar-refractivity contribution < 1.29 is 24.2 Å². The molecule has 2 aliphatic heterocycles. The lowest BCUT2D eigenvalue weighted by Gasteiger charge is -2.38. The van der Waals surface area contributed by atoms with Crippen LogP contribution in [-0.2, 0) is 20.9 Å². The van der Waals surface area contributed by atoms with Crippen LogP contribution >= 0.6 is 0 Å². The summed E-state index contributed by atoms with van der Waals surface area (Å²) in [4.78, 5) is 25.7. The smallest absolute Gasteiger partial charge is 0.410 e. The number of carbonyl (C=O) groups is 2. The van der Waals surface area contributed by atoms with Gasteiger partial charge in [0.2, 0.25) is 0 Å². The Morgan fingerprint density at radius 3 is 2.52 bits per heavy atom. The van der Waals surface area contributed by atoms with Crippen molar-refractivity contribution in [2.45, 2.75) is 25.9 Å². The normalized spacial score (nSPS) is 19.8. The van der Waals surface area contributed by atoms with Gasteiger partial charge in [0.1, 0.15) is 6.61 Å². The van der Waals surface area contributed by atoms with Crippen LogP contribution in [0, 0.1) is 5.41 Å². The number of carbonyl (C=O) groups excluding carboxylic acids is 1. The van der Waals surface area contributed by atoms with E-state index >= 15 is 0 Å². The lowest BCUT2D eigenvalue weighted by Crippen LogP contribution is -2.43. The minimum atomic E-state index is -0.835. The van der Waals surface area contributed by atoms with E-state index in [9.17, 15) is 14.7 Å². The first-order valence-corrected chi connectivity index (χ1v) is 8.58. The summed E-state index contributed by atoms with van der Waals surface area (Å²) >= 11 is 0. The Labute approximate surface area is 147 Å². The molecule has 3 rings (SSSR count). The predicted molar refractivity (Wildman–Crippen MR) is 91.0 cm³/mol. The summed E-state index contributed by atoms with van der Waals surface area (Å²) in [6.07, 6.45) is 3.06. The summed E-state index contributed by atoms with van der Waals surface area (Å²) in [6.45, 7) is 2.04. The average molecular weight is 345 g/mol. The first kappa shape index (κ1) is 17.5. The molecule has 1 saturated heterocycles. The Morgan fingerprint density at radius 1 is 1.20 bits per heavy atom. The van der Waals surface area contributed by atoms with Gasteiger partial charge in [-0.2, -0.15) is 0 Å². The number of hydrogen-bond acceptors (Lipinski definition) is 4. The molecular weight excluding hydrogens is 322 g/mol. The quantitative estimate of drug-likeness (QED) is 0.849. The Morgan fingerprint density at radius 2 is 1.92 bits per heavy atom. The molecule has 1 fully saturated rings. The maximum absolute atomic E-state index is 12.2. The highest BCUT2D eigenvalue weighted by Crippen LogP contribution is 2.41. The maximum Gasteiger partial charge on any atom is 0.410 e. The molecule has 1 aromatic carbocycles. The second-order valence-corrected chi connectivity index (χ2v) is 6.47. The van der Waals surface area contributed by atoms with Crippen molar-refractivity contribution in [3.05, 3.63) is 47.5 Å². The summed E-state index contributed by atoms with van der Waals surface area (Å²) < 4.78 is 10.7. The monoisotopic (exact) mass is 345 g/mol. The fourth-order valence-electron chi connectivity index (χ4n) is 3.47. The molecule has 0 radical (unpaired) electrons. The van der Waals surface area contributed by atoms with E-state index < -0.39 is 11.4 Å². The minimum Gasteiger partial charge on any atom is -0.481 e. The third-order valence-electron chi connectivity index (χ3n) is 5.04. The maximum atomic E-state index is 12.2. The van der Waals surface area contributed by atoms with E-state index in [1.165, 1.54) is 0 Å². The van der Waals surface area contributed by atoms with Crippen LogP contribution in [0.5, 0.6) is 0 Å². The summed E-state index contributed by atoms with van der Waals surface area (Å²) in [6, 6.07) is 9.53. The zero-order valence-electron chi connectivity index (χ0n) is 14.1. The molecule has 6 heteroatoms. The van der Waals surface area contributed by atoms with Gasteiger partial charge in [-0.3, -0.25) is 4.79 Å². The largest absolute Gasteiger partial charge is 0.481 e. The number of nitrogens with zero attached hydrogens (tertiary/aromatic N) is 1. The Kier molecular flexibility index (Phi) is 5.38. The van der Waals surface area contributed by atoms with Gasteiger partial charge < -0.3 is 19.5 Å². The van der Waals surface area contributed by atoms with Crippen LogP contribution in [0.3, 0.4) is 0 Å². The van der Waals surface area contributed by atoms with Crippen LogP contribution in [0.1, 0.15) is 24.8 Å². The molecule has 0 aromatic heterocycles. The van der Waals surface area contributed by atoms with E-state index in [4.69, 9.17) is 9.47 Å². The molecule has 2 aliphatic rings. The van der Waals surface area contributed by atoms with Gasteiger partial charge in [0.25, 0.3) is 0 Å². The lowest BCUT2D eigenvalue weighted by molar-refractivity contribution is -0.151. The van der Waals surface area contributed by atoms with Crippen molar-refractivity contribution in [2.75, 3.05) is 26.3 Å². The fraction of sp³-hybridized carbons (Fsp3) is 0.474. The summed E-state index contributed by atoms with van der Waals surface area (Å²) in [5, 5.41) is 9.72. The van der Waals surface area contributed by atoms with Crippen LogP contribution in [0.15, 0.2) is 42.0 Å². The molecule has 25 heavy (non-hydrogen) atoms. The Balaban J connectivity index is 1.59. The number of hydrogen-bond donors (Lipinski definition) is 1. The number of carboxylic acids is 1. The second-order valence-electron chi connectivity index (χ2n) is 6.47. The fourth-order valence-corrected chi connectivity index (χ4v) is 3.47. The van der Waals surface area contributed by atoms with E-state index in [1.807, 2.05) is 36.4 Å². The molecule has 0 aliphatic carbocycles. The standard InChI is InChI=1S/C19H23NO5/c21-17(22)19(8-12-24-13-9-19)16-6-10-20(11-7-16)18(23)25-14-15-4-2-1-3-5-15/h1-6H,7-14H2,(H,21,22). The number of rotatable bonds is 4. The molecule has 0 bridgehead atoms. The Hall–Kier alpha value is -2.34. The van der Waals surface area contributed by atoms with Gasteiger partial charge in [-0.15, -0.1) is 0 Å². The molecule has 134 valence electrons. The van der Waals surface area contributed by atoms with Gasteiger partial charge in [0, 0.05) is 26.3 Å². The highest BCUT2D eigenvalue weighted by Gasteiger charge is 2.44. The van der Waals surface area contributed by atoms with Crippen molar-refractivity contribution >= 4 is 12.1 Å². The van der Waals surface area contributed by atoms with Crippen molar-refractivity contribution in [3.8, 4) is 0 Å². The van der Waals surface area contributed by atoms with Gasteiger partial charge in [0.15, 0.2) is 0 Å². The number of benzene rings is 1. The number of aliphatic carboxylic acids is 1. The molecule has 0 atom stereocenters. The number of ether oxygens (including phenoxy) is 2. The van der Waals surface area contributed by atoms with Crippen LogP contribution < -0.4 is 0 Å². The van der Waals surface area contributed by atoms with Crippen LogP contribution in [0.4, 0.5) is 4.79 Å². The van der Waals surface area contributed by atoms with E-state index in [-0.39, 0.29) is 12.7 Å². The number of carboxylic acid groups (broad SMARTS) is 1. The van der Waals surface area contributed by atoms with Crippen LogP contribution in [0.25, 0.3) is 0 Å². The lowest BCUT2D eigenvalue weighted by atomic mass is 9.71. The summed E-state index contributed by atoms with van der Waals surface area (Å²) in [5.41, 5.74) is 1.02. The van der Waals surface area contributed by atoms with Crippen LogP contribution in [-0.4, -0.2) is 48.4 Å². The SMILES string of the molecule is O=C(OCc1ccccc1)N1CC=C(C2(C(=O)O)CCOCC2)CC1. The molecule has 1 aromatic rings. The minimum absolute atomic E-state index is 0.239. The highest BCUT2D eigenvalue weighted by atomic mass is 16.6. The molecule has 0 unspecified atom stereocenters. The first-order chi connectivity index (χ1) is 12.1. The summed E-state index contributed by atoms with van der Waals surface area (Å²) in [5.74, 6) is -0.790. The molecule has 0 spiro atoms. The summed E-state index contributed by atoms with van der Waals surface area (Å²) in [7, 11) is 0. The predicted octanol–water partition coefficient (Wildman–Crippen LogP) is 2.84. The first-order valence-electron chi connectivity index (χ1n) is 8.58. The Bertz CT molecular complexity index is 649. The number of amides is 1. The average Bonchev–Trinajstić information content (AvgIpc) is 2.67. The van der Waals surface area contributed by atoms with Crippen molar-refractivity contribution in [3.63, 3.8) is 0 Å². The van der Waals surface area contributed by atoms with E-state index in [0.29, 0.717) is 45.6 Å². The van der Waals surface area contributed by atoms with Crippen molar-refractivity contribution in [2.24, 2.45) is 5.41 Å². The molecule has 6 nitrogen and oxygen atoms in total. The van der Waals surface area contributed by atoms with Gasteiger partial charge >= 0.3 is 12.1 Å². The zero-order valence-corrected chi connectivity index (χ0v) is 14.1. The highest BCUT2D eigenvalue weighted by molar-refractivity contribution is 5.79. The van der Waals surface area contributed by atoms with E-state index in [1.54, 1.807) is 4.90 Å². The van der Waals surface area contributed by atoms with Crippen molar-refractivity contribution in [1.29, 1.82) is 0 Å². The van der Waals surface area contributed by atoms with Crippen LogP contribution in [0.2, 0.25) is 0 Å². The van der Waals surface area contributed by atoms with E-state index in [0.717, 1.165) is 11.1 Å². The van der Waals surface area contributed by atoms with E-state index in [2.05, 4.69) is 0 Å². The molecule has 1 N–H and O–H groups in total. The third kappa shape index (κ3) is 3.85. The van der Waals surface area contributed by atoms with Gasteiger partial charge in [0.05, 0.1) is 5.41 Å². The van der Waals surface area contributed by atoms with Crippen molar-refractivity contribution in [1.82, 2.24) is 4.90 Å².